The molecule has 0 aliphatic heterocycles. The maximum absolute atomic E-state index is 13.2. The van der Waals surface area contributed by atoms with Crippen molar-refractivity contribution >= 4 is 54.1 Å². The van der Waals surface area contributed by atoms with E-state index in [1.54, 1.807) is 24.3 Å². The zero-order valence-electron chi connectivity index (χ0n) is 55.3. The van der Waals surface area contributed by atoms with Crippen molar-refractivity contribution in [1.82, 2.24) is 16.0 Å². The summed E-state index contributed by atoms with van der Waals surface area (Å²) in [5.74, 6) is -4.37. The number of rotatable bonds is 36. The summed E-state index contributed by atoms with van der Waals surface area (Å²) in [4.78, 5) is 112. The van der Waals surface area contributed by atoms with Crippen LogP contribution in [0.3, 0.4) is 0 Å². The van der Waals surface area contributed by atoms with Crippen LogP contribution in [0.1, 0.15) is 38.9 Å². The molecule has 520 valence electrons. The van der Waals surface area contributed by atoms with Gasteiger partial charge in [-0.2, -0.15) is 0 Å². The Morgan fingerprint density at radius 1 is 0.327 bits per heavy atom. The van der Waals surface area contributed by atoms with Gasteiger partial charge in [0.05, 0.1) is 5.41 Å². The Bertz CT molecular complexity index is 4050. The number of amides is 3. The second-order valence-electron chi connectivity index (χ2n) is 23.1. The van der Waals surface area contributed by atoms with Crippen molar-refractivity contribution in [3.8, 4) is 39.1 Å². The van der Waals surface area contributed by atoms with Gasteiger partial charge in [-0.1, -0.05) is 191 Å². The largest absolute Gasteiger partial charge is 0.489 e. The van der Waals surface area contributed by atoms with Crippen LogP contribution in [-0.4, -0.2) is 120 Å². The summed E-state index contributed by atoms with van der Waals surface area (Å²) < 4.78 is 54.4. The highest BCUT2D eigenvalue weighted by Gasteiger charge is 2.47. The topological polar surface area (TPSA) is 282 Å². The van der Waals surface area contributed by atoms with Crippen LogP contribution >= 0.6 is 0 Å². The second kappa shape index (κ2) is 36.1. The molecule has 0 saturated carbocycles. The lowest BCUT2D eigenvalue weighted by atomic mass is 9.67. The number of hydrogen-bond donors (Lipinski definition) is 3. The van der Waals surface area contributed by atoms with E-state index >= 15 is 0 Å². The van der Waals surface area contributed by atoms with Gasteiger partial charge in [0.25, 0.3) is 0 Å². The Hall–Kier alpha value is -12.6. The van der Waals surface area contributed by atoms with E-state index in [-0.39, 0.29) is 32.8 Å². The van der Waals surface area contributed by atoms with E-state index in [0.717, 1.165) is 97.7 Å². The van der Waals surface area contributed by atoms with Crippen LogP contribution in [0.15, 0.2) is 246 Å². The lowest BCUT2D eigenvalue weighted by Crippen LogP contribution is -2.44. The first kappa shape index (κ1) is 74.2. The fraction of sp³-hybridized carbons (Fsp3) is 0.203. The molecule has 8 rings (SSSR count). The van der Waals surface area contributed by atoms with Gasteiger partial charge in [0.1, 0.15) is 82.6 Å². The minimum absolute atomic E-state index is 0.00705. The number of benzene rings is 7. The SMILES string of the molecule is C=CC(=O)OCC(COC(=O)C=C)(COC(=O)C=C)COC(=O)NCc1ccc(-c2cccc(C3(c4ccc(OCCOC(=O)NCc5cccc(CNC(=O)OCC(COC(=O)C=C)(COC(=O)C=C)COC(=O)C=C)c5)c(-c5ccccc5)c4)c4ccccc4-c4ccccc43)c2)cc1. The molecule has 1 aliphatic rings. The van der Waals surface area contributed by atoms with E-state index in [1.165, 1.54) is 0 Å². The molecule has 3 amide bonds. The molecule has 0 aromatic heterocycles. The van der Waals surface area contributed by atoms with E-state index in [1.807, 2.05) is 97.1 Å². The number of alkyl carbamates (subject to hydrolysis) is 3. The molecule has 7 aromatic carbocycles. The third kappa shape index (κ3) is 20.0. The number of fused-ring (bicyclic) bond motifs is 3. The molecule has 0 fully saturated rings. The molecule has 1 aliphatic carbocycles. The van der Waals surface area contributed by atoms with Crippen LogP contribution in [0.25, 0.3) is 33.4 Å². The zero-order chi connectivity index (χ0) is 72.2. The normalized spacial score (nSPS) is 11.6. The first-order valence-corrected chi connectivity index (χ1v) is 31.7. The lowest BCUT2D eigenvalue weighted by molar-refractivity contribution is -0.161. The molecule has 22 nitrogen and oxygen atoms in total. The molecule has 0 saturated heterocycles. The molecule has 0 bridgehead atoms. The Kier molecular flexibility index (Phi) is 26.5. The number of carbonyl (C=O) groups excluding carboxylic acids is 9. The molecular weight excluding hydrogens is 1290 g/mol. The lowest BCUT2D eigenvalue weighted by Gasteiger charge is -2.35. The fourth-order valence-corrected chi connectivity index (χ4v) is 11.0. The molecule has 7 aromatic rings. The van der Waals surface area contributed by atoms with Gasteiger partial charge in [0.15, 0.2) is 0 Å². The van der Waals surface area contributed by atoms with E-state index < -0.39 is 123 Å². The van der Waals surface area contributed by atoms with Gasteiger partial charge in [-0.05, 0) is 85.0 Å². The molecule has 22 heteroatoms. The van der Waals surface area contributed by atoms with Gasteiger partial charge in [-0.25, -0.2) is 43.2 Å². The Balaban J connectivity index is 0.936. The smallest absolute Gasteiger partial charge is 0.407 e. The van der Waals surface area contributed by atoms with Crippen LogP contribution in [-0.2, 0) is 96.4 Å². The van der Waals surface area contributed by atoms with Crippen LogP contribution in [0, 0.1) is 10.8 Å². The number of carbonyl (C=O) groups is 9. The van der Waals surface area contributed by atoms with Crippen molar-refractivity contribution in [2.45, 2.75) is 25.0 Å². The Morgan fingerprint density at radius 2 is 0.713 bits per heavy atom. The van der Waals surface area contributed by atoms with Crippen molar-refractivity contribution in [2.75, 3.05) is 66.1 Å². The minimum Gasteiger partial charge on any atom is -0.489 e. The number of esters is 6. The molecule has 0 spiro atoms. The van der Waals surface area contributed by atoms with E-state index in [9.17, 15) is 43.2 Å². The van der Waals surface area contributed by atoms with Crippen LogP contribution in [0.2, 0.25) is 0 Å². The first-order chi connectivity index (χ1) is 48.9. The fourth-order valence-electron chi connectivity index (χ4n) is 11.0. The van der Waals surface area contributed by atoms with Crippen molar-refractivity contribution in [3.05, 3.63) is 285 Å². The monoisotopic (exact) mass is 1370 g/mol. The summed E-state index contributed by atoms with van der Waals surface area (Å²) in [6.07, 6.45) is 3.04. The highest BCUT2D eigenvalue weighted by atomic mass is 16.6. The molecule has 3 N–H and O–H groups in total. The molecule has 101 heavy (non-hydrogen) atoms. The zero-order valence-corrected chi connectivity index (χ0v) is 55.3. The number of nitrogens with one attached hydrogen (secondary N) is 3. The van der Waals surface area contributed by atoms with Crippen molar-refractivity contribution < 1.29 is 90.5 Å². The summed E-state index contributed by atoms with van der Waals surface area (Å²) in [6, 6.07) is 55.9. The summed E-state index contributed by atoms with van der Waals surface area (Å²) in [7, 11) is 0. The van der Waals surface area contributed by atoms with Gasteiger partial charge < -0.3 is 63.3 Å². The van der Waals surface area contributed by atoms with Crippen LogP contribution < -0.4 is 20.7 Å². The van der Waals surface area contributed by atoms with E-state index in [2.05, 4.69) is 104 Å². The number of hydrogen-bond acceptors (Lipinski definition) is 19. The van der Waals surface area contributed by atoms with Gasteiger partial charge in [-0.3, -0.25) is 0 Å². The highest BCUT2D eigenvalue weighted by molar-refractivity contribution is 5.88. The quantitative estimate of drug-likeness (QED) is 0.0142. The van der Waals surface area contributed by atoms with Crippen LogP contribution in [0.5, 0.6) is 5.75 Å². The Labute approximate surface area is 583 Å². The maximum atomic E-state index is 13.2. The van der Waals surface area contributed by atoms with Crippen molar-refractivity contribution in [2.24, 2.45) is 10.8 Å². The second-order valence-corrected chi connectivity index (χ2v) is 23.1. The average Bonchev–Trinajstić information content (AvgIpc) is 1.55. The first-order valence-electron chi connectivity index (χ1n) is 31.7. The van der Waals surface area contributed by atoms with Gasteiger partial charge >= 0.3 is 54.1 Å². The molecule has 0 radical (unpaired) electrons. The van der Waals surface area contributed by atoms with Gasteiger partial charge in [-0.15, -0.1) is 0 Å². The Morgan fingerprint density at radius 3 is 1.17 bits per heavy atom. The van der Waals surface area contributed by atoms with Crippen molar-refractivity contribution in [1.29, 1.82) is 0 Å². The molecule has 0 heterocycles. The summed E-state index contributed by atoms with van der Waals surface area (Å²) in [6.45, 7) is 16.3. The number of ether oxygens (including phenoxy) is 10. The maximum Gasteiger partial charge on any atom is 0.407 e. The predicted molar refractivity (Wildman–Crippen MR) is 373 cm³/mol. The standard InChI is InChI=1S/C79H75N3O19/c1-7-68(83)94-46-77(47-95-69(84)8-2,48-96-70(85)9-3)52-100-75(90)80-43-54-32-34-57(35-33-54)59-26-21-27-60(41-59)79(65-30-18-16-28-62(65)63-29-17-19-31-66(63)79)61-36-37-67(64(42-61)58-24-14-13-15-25-58)92-38-39-93-74(89)81-44-55-22-20-23-56(40-55)45-82-76(91)101-53-78(49-97-71(86)10-4,50-98-72(87)11-5)51-99-73(88)12-6/h7-37,40-42H,1-6,38-39,43-53H2,(H,80,90)(H,81,89)(H,82,91). The summed E-state index contributed by atoms with van der Waals surface area (Å²) >= 11 is 0. The van der Waals surface area contributed by atoms with Gasteiger partial charge in [0, 0.05) is 61.7 Å². The third-order valence-electron chi connectivity index (χ3n) is 16.1. The van der Waals surface area contributed by atoms with Crippen LogP contribution in [0.4, 0.5) is 14.4 Å². The molecular formula is C79H75N3O19. The van der Waals surface area contributed by atoms with Gasteiger partial charge in [0.2, 0.25) is 0 Å². The highest BCUT2D eigenvalue weighted by Crippen LogP contribution is 2.57. The predicted octanol–water partition coefficient (Wildman–Crippen LogP) is 11.5. The minimum atomic E-state index is -1.53. The van der Waals surface area contributed by atoms with E-state index in [0.29, 0.717) is 16.9 Å². The van der Waals surface area contributed by atoms with E-state index in [4.69, 9.17) is 47.4 Å². The van der Waals surface area contributed by atoms with Crippen molar-refractivity contribution in [3.63, 3.8) is 0 Å². The molecule has 0 atom stereocenters. The summed E-state index contributed by atoms with van der Waals surface area (Å²) in [5, 5.41) is 8.10. The molecule has 0 unspecified atom stereocenters. The summed E-state index contributed by atoms with van der Waals surface area (Å²) in [5.41, 5.74) is 7.96. The average molecular weight is 1370 g/mol. The third-order valence-corrected chi connectivity index (χ3v) is 16.1.